The maximum Gasteiger partial charge on any atom is 0.303 e. The lowest BCUT2D eigenvalue weighted by atomic mass is 9.44. The average Bonchev–Trinajstić information content (AvgIpc) is 2.97. The number of aliphatic carboxylic acids is 1. The van der Waals surface area contributed by atoms with Crippen molar-refractivity contribution in [1.29, 1.82) is 0 Å². The number of hydrogen-bond donors (Lipinski definition) is 2. The molecule has 3 fully saturated rings. The van der Waals surface area contributed by atoms with E-state index in [0.717, 1.165) is 38.5 Å². The van der Waals surface area contributed by atoms with E-state index in [1.807, 2.05) is 20.2 Å². The van der Waals surface area contributed by atoms with E-state index in [4.69, 9.17) is 0 Å². The summed E-state index contributed by atoms with van der Waals surface area (Å²) in [5.74, 6) is 1.29. The number of aliphatic hydroxyl groups is 1. The Morgan fingerprint density at radius 1 is 1.20 bits per heavy atom. The third kappa shape index (κ3) is 3.28. The molecule has 4 aliphatic rings. The van der Waals surface area contributed by atoms with Crippen molar-refractivity contribution < 1.29 is 19.8 Å². The smallest absolute Gasteiger partial charge is 0.303 e. The van der Waals surface area contributed by atoms with Crippen LogP contribution >= 0.6 is 0 Å². The van der Waals surface area contributed by atoms with E-state index in [0.29, 0.717) is 30.6 Å². The second kappa shape index (κ2) is 7.74. The summed E-state index contributed by atoms with van der Waals surface area (Å²) < 4.78 is 0. The molecule has 4 rings (SSSR count). The average molecular weight is 418 g/mol. The van der Waals surface area contributed by atoms with Gasteiger partial charge in [-0.2, -0.15) is 0 Å². The fourth-order valence-electron chi connectivity index (χ4n) is 8.29. The van der Waals surface area contributed by atoms with E-state index >= 15 is 0 Å². The predicted octanol–water partition coefficient (Wildman–Crippen LogP) is 3.90. The number of nitrogens with zero attached hydrogens (tertiary/aromatic N) is 1. The molecule has 168 valence electrons. The van der Waals surface area contributed by atoms with E-state index < -0.39 is 5.97 Å². The van der Waals surface area contributed by atoms with Crippen LogP contribution in [0.1, 0.15) is 71.6 Å². The Labute approximate surface area is 180 Å². The minimum absolute atomic E-state index is 0.0446. The van der Waals surface area contributed by atoms with Crippen LogP contribution in [0.25, 0.3) is 0 Å². The first-order valence-corrected chi connectivity index (χ1v) is 11.9. The van der Waals surface area contributed by atoms with Gasteiger partial charge in [0, 0.05) is 18.9 Å². The molecule has 0 aromatic heterocycles. The largest absolute Gasteiger partial charge is 0.481 e. The summed E-state index contributed by atoms with van der Waals surface area (Å²) in [6.07, 6.45) is 9.31. The van der Waals surface area contributed by atoms with Crippen molar-refractivity contribution in [3.63, 3.8) is 0 Å². The Bertz CT molecular complexity index is 745. The number of rotatable bonds is 5. The van der Waals surface area contributed by atoms with Gasteiger partial charge in [0.1, 0.15) is 0 Å². The third-order valence-electron chi connectivity index (χ3n) is 9.90. The second-order valence-corrected chi connectivity index (χ2v) is 11.2. The van der Waals surface area contributed by atoms with Crippen LogP contribution < -0.4 is 0 Å². The first-order chi connectivity index (χ1) is 14.1. The van der Waals surface area contributed by atoms with Gasteiger partial charge in [0.15, 0.2) is 5.78 Å². The summed E-state index contributed by atoms with van der Waals surface area (Å²) in [4.78, 5) is 26.2. The number of carboxylic acid groups (broad SMARTS) is 1. The molecule has 0 bridgehead atoms. The summed E-state index contributed by atoms with van der Waals surface area (Å²) in [6, 6.07) is 0.0833. The van der Waals surface area contributed by atoms with Gasteiger partial charge in [-0.3, -0.25) is 9.59 Å². The number of carbonyl (C=O) groups excluding carboxylic acids is 1. The summed E-state index contributed by atoms with van der Waals surface area (Å²) in [5.41, 5.74) is 1.30. The van der Waals surface area contributed by atoms with E-state index in [9.17, 15) is 19.8 Å². The van der Waals surface area contributed by atoms with E-state index in [2.05, 4.69) is 18.7 Å². The highest BCUT2D eigenvalue weighted by atomic mass is 16.4. The molecule has 0 aromatic carbocycles. The lowest BCUT2D eigenvalue weighted by molar-refractivity contribution is -0.138. The van der Waals surface area contributed by atoms with Crippen LogP contribution in [0.15, 0.2) is 11.6 Å². The topological polar surface area (TPSA) is 77.8 Å². The molecule has 0 saturated heterocycles. The molecule has 5 heteroatoms. The van der Waals surface area contributed by atoms with Gasteiger partial charge < -0.3 is 15.1 Å². The molecule has 4 aliphatic carbocycles. The normalized spacial score (nSPS) is 44.1. The number of hydrogen-bond acceptors (Lipinski definition) is 4. The summed E-state index contributed by atoms with van der Waals surface area (Å²) >= 11 is 0. The van der Waals surface area contributed by atoms with Crippen LogP contribution in [0.3, 0.4) is 0 Å². The van der Waals surface area contributed by atoms with Crippen molar-refractivity contribution in [3.05, 3.63) is 11.6 Å². The quantitative estimate of drug-likeness (QED) is 0.709. The maximum atomic E-state index is 12.7. The standard InChI is InChI=1S/C25H39NO4/c1-24-12-11-19-17(18(24)7-9-22(24)28)6-5-15-13-16(27)14-20(25(15,19)2)21(26(3)4)8-10-23(29)30/h13,17-22,28H,5-12,14H2,1-4H3,(H,29,30)/t17-,18-,19-,20?,21?,22-,24-,25-/m0/s1. The van der Waals surface area contributed by atoms with Crippen molar-refractivity contribution in [3.8, 4) is 0 Å². The third-order valence-corrected chi connectivity index (χ3v) is 9.90. The van der Waals surface area contributed by atoms with Crippen LogP contribution in [0.5, 0.6) is 0 Å². The summed E-state index contributed by atoms with van der Waals surface area (Å²) in [6.45, 7) is 4.69. The highest BCUT2D eigenvalue weighted by Gasteiger charge is 2.61. The zero-order valence-electron chi connectivity index (χ0n) is 19.1. The molecular weight excluding hydrogens is 378 g/mol. The van der Waals surface area contributed by atoms with Crippen molar-refractivity contribution in [2.24, 2.45) is 34.5 Å². The number of aliphatic hydroxyl groups excluding tert-OH is 1. The molecule has 0 aromatic rings. The zero-order chi connectivity index (χ0) is 21.8. The van der Waals surface area contributed by atoms with Crippen molar-refractivity contribution in [2.45, 2.75) is 83.8 Å². The van der Waals surface area contributed by atoms with Gasteiger partial charge in [0.2, 0.25) is 0 Å². The van der Waals surface area contributed by atoms with Gasteiger partial charge in [-0.25, -0.2) is 0 Å². The van der Waals surface area contributed by atoms with E-state index in [1.54, 1.807) is 0 Å². The fraction of sp³-hybridized carbons (Fsp3) is 0.840. The number of ketones is 1. The summed E-state index contributed by atoms with van der Waals surface area (Å²) in [7, 11) is 4.06. The lowest BCUT2D eigenvalue weighted by Crippen LogP contribution is -2.57. The molecule has 3 saturated carbocycles. The van der Waals surface area contributed by atoms with Crippen molar-refractivity contribution in [2.75, 3.05) is 14.1 Å². The second-order valence-electron chi connectivity index (χ2n) is 11.2. The molecule has 2 N–H and O–H groups in total. The van der Waals surface area contributed by atoms with E-state index in [1.165, 1.54) is 5.57 Å². The molecule has 0 radical (unpaired) electrons. The van der Waals surface area contributed by atoms with Crippen LogP contribution in [-0.2, 0) is 9.59 Å². The molecule has 0 aliphatic heterocycles. The van der Waals surface area contributed by atoms with E-state index in [-0.39, 0.29) is 41.1 Å². The first-order valence-electron chi connectivity index (χ1n) is 11.9. The minimum Gasteiger partial charge on any atom is -0.481 e. The highest BCUT2D eigenvalue weighted by molar-refractivity contribution is 5.92. The number of carbonyl (C=O) groups is 2. The number of carboxylic acids is 1. The molecule has 2 unspecified atom stereocenters. The van der Waals surface area contributed by atoms with Gasteiger partial charge >= 0.3 is 5.97 Å². The van der Waals surface area contributed by atoms with Gasteiger partial charge in [-0.05, 0) is 99.6 Å². The van der Waals surface area contributed by atoms with Gasteiger partial charge in [-0.1, -0.05) is 19.4 Å². The van der Waals surface area contributed by atoms with Crippen molar-refractivity contribution in [1.82, 2.24) is 4.90 Å². The monoisotopic (exact) mass is 417 g/mol. The predicted molar refractivity (Wildman–Crippen MR) is 116 cm³/mol. The Kier molecular flexibility index (Phi) is 5.68. The number of allylic oxidation sites excluding steroid dienone is 1. The zero-order valence-corrected chi connectivity index (χ0v) is 19.1. The fourth-order valence-corrected chi connectivity index (χ4v) is 8.29. The Hall–Kier alpha value is -1.20. The Balaban J connectivity index is 1.71. The van der Waals surface area contributed by atoms with Crippen LogP contribution in [0, 0.1) is 34.5 Å². The first kappa shape index (κ1) is 22.0. The van der Waals surface area contributed by atoms with Gasteiger partial charge in [0.05, 0.1) is 6.10 Å². The molecular formula is C25H39NO4. The molecule has 5 nitrogen and oxygen atoms in total. The summed E-state index contributed by atoms with van der Waals surface area (Å²) in [5, 5.41) is 20.0. The lowest BCUT2D eigenvalue weighted by Gasteiger charge is -2.61. The molecule has 30 heavy (non-hydrogen) atoms. The Morgan fingerprint density at radius 2 is 1.93 bits per heavy atom. The maximum absolute atomic E-state index is 12.7. The van der Waals surface area contributed by atoms with Crippen LogP contribution in [0.2, 0.25) is 0 Å². The van der Waals surface area contributed by atoms with Crippen LogP contribution in [0.4, 0.5) is 0 Å². The Morgan fingerprint density at radius 3 is 2.60 bits per heavy atom. The molecule has 8 atom stereocenters. The minimum atomic E-state index is -0.764. The molecule has 0 heterocycles. The van der Waals surface area contributed by atoms with Gasteiger partial charge in [-0.15, -0.1) is 0 Å². The highest BCUT2D eigenvalue weighted by Crippen LogP contribution is 2.66. The number of fused-ring (bicyclic) bond motifs is 5. The molecule has 0 amide bonds. The molecule has 0 spiro atoms. The van der Waals surface area contributed by atoms with Gasteiger partial charge in [0.25, 0.3) is 0 Å². The van der Waals surface area contributed by atoms with Crippen LogP contribution in [-0.4, -0.2) is 53.1 Å². The van der Waals surface area contributed by atoms with Crippen molar-refractivity contribution >= 4 is 11.8 Å². The SMILES string of the molecule is CN(C)C(CCC(=O)O)C1CC(=O)C=C2CC[C@H]3[C@@H]4CC[C@H](O)[C@@]4(C)CC[C@@H]3[C@]21C.